The van der Waals surface area contributed by atoms with E-state index in [1.165, 1.54) is 43.2 Å². The molecule has 2 bridgehead atoms. The summed E-state index contributed by atoms with van der Waals surface area (Å²) in [6, 6.07) is 13.2. The number of anilines is 1. The van der Waals surface area contributed by atoms with Crippen molar-refractivity contribution in [1.29, 1.82) is 0 Å². The fourth-order valence-corrected chi connectivity index (χ4v) is 7.54. The summed E-state index contributed by atoms with van der Waals surface area (Å²) in [5.74, 6) is 0.386. The fraction of sp³-hybridized carbons (Fsp3) is 0.419. The van der Waals surface area contributed by atoms with E-state index >= 15 is 0 Å². The number of carbonyl (C=O) groups is 1. The first-order chi connectivity index (χ1) is 18.9. The van der Waals surface area contributed by atoms with E-state index in [4.69, 9.17) is 32.9 Å². The van der Waals surface area contributed by atoms with Crippen molar-refractivity contribution in [2.75, 3.05) is 38.2 Å². The Morgan fingerprint density at radius 1 is 1.10 bits per heavy atom. The van der Waals surface area contributed by atoms with E-state index < -0.39 is 0 Å². The molecule has 2 unspecified atom stereocenters. The van der Waals surface area contributed by atoms with Crippen LogP contribution in [0.3, 0.4) is 0 Å². The van der Waals surface area contributed by atoms with Gasteiger partial charge in [-0.05, 0) is 73.1 Å². The Morgan fingerprint density at radius 2 is 1.90 bits per heavy atom. The molecule has 8 heteroatoms. The molecule has 0 N–H and O–H groups in total. The molecule has 3 aromatic rings. The van der Waals surface area contributed by atoms with Gasteiger partial charge in [0.05, 0.1) is 40.5 Å². The molecule has 1 saturated carbocycles. The highest BCUT2D eigenvalue weighted by Crippen LogP contribution is 2.44. The number of benzene rings is 2. The first-order valence-corrected chi connectivity index (χ1v) is 14.6. The number of carbonyl (C=O) groups excluding carboxylic acids is 1. The second kappa shape index (κ2) is 9.69. The SMILES string of the molecule is COC(=O)c1cn(C)c2cc(N3CC4CC3CN4CCC3=C(C4CC4)CN=C3c3c(Cl)cccc3Cl)ccc12. The van der Waals surface area contributed by atoms with E-state index in [0.717, 1.165) is 54.8 Å². The number of aliphatic imine (C=N–C) groups is 1. The van der Waals surface area contributed by atoms with Gasteiger partial charge in [0.15, 0.2) is 0 Å². The van der Waals surface area contributed by atoms with E-state index in [-0.39, 0.29) is 5.97 Å². The molecule has 4 aliphatic rings. The number of nitrogens with zero attached hydrogens (tertiary/aromatic N) is 4. The second-order valence-corrected chi connectivity index (χ2v) is 12.1. The minimum absolute atomic E-state index is 0.295. The van der Waals surface area contributed by atoms with Gasteiger partial charge in [-0.25, -0.2) is 4.79 Å². The number of aryl methyl sites for hydroxylation is 1. The first kappa shape index (κ1) is 25.2. The summed E-state index contributed by atoms with van der Waals surface area (Å²) < 4.78 is 6.99. The zero-order chi connectivity index (χ0) is 26.8. The lowest BCUT2D eigenvalue weighted by Gasteiger charge is -2.36. The molecule has 2 atom stereocenters. The summed E-state index contributed by atoms with van der Waals surface area (Å²) in [6.45, 7) is 3.90. The number of piperazine rings is 1. The van der Waals surface area contributed by atoms with Crippen LogP contribution >= 0.6 is 23.2 Å². The standard InChI is InChI=1S/C31H32Cl2N4O2/c1-35-17-25(31(38)39-2)22-9-8-19(13-28(22)35)37-16-20-12-21(37)15-36(20)11-10-23-24(18-6-7-18)14-34-30(23)29-26(32)4-3-5-27(29)33/h3-5,8-9,13,17-18,20-21H,6-7,10-12,14-16H2,1-2H3. The van der Waals surface area contributed by atoms with Gasteiger partial charge in [0.2, 0.25) is 0 Å². The largest absolute Gasteiger partial charge is 0.465 e. The zero-order valence-corrected chi connectivity index (χ0v) is 23.8. The van der Waals surface area contributed by atoms with Crippen molar-refractivity contribution >= 4 is 51.5 Å². The van der Waals surface area contributed by atoms with Crippen molar-refractivity contribution in [2.45, 2.75) is 37.8 Å². The average Bonchev–Trinajstić information content (AvgIpc) is 3.24. The number of rotatable bonds is 7. The van der Waals surface area contributed by atoms with Gasteiger partial charge in [-0.15, -0.1) is 0 Å². The van der Waals surface area contributed by atoms with Crippen LogP contribution in [-0.4, -0.2) is 66.5 Å². The summed E-state index contributed by atoms with van der Waals surface area (Å²) in [6.07, 6.45) is 6.58. The summed E-state index contributed by atoms with van der Waals surface area (Å²) in [7, 11) is 3.41. The van der Waals surface area contributed by atoms with Crippen molar-refractivity contribution in [3.8, 4) is 0 Å². The predicted molar refractivity (Wildman–Crippen MR) is 158 cm³/mol. The molecule has 0 spiro atoms. The number of likely N-dealkylation sites (tertiary alicyclic amines) is 1. The molecule has 6 nitrogen and oxygen atoms in total. The smallest absolute Gasteiger partial charge is 0.340 e. The fourth-order valence-electron chi connectivity index (χ4n) is 6.97. The lowest BCUT2D eigenvalue weighted by Crippen LogP contribution is -2.46. The highest BCUT2D eigenvalue weighted by Gasteiger charge is 2.43. The molecular formula is C31H32Cl2N4O2. The van der Waals surface area contributed by atoms with E-state index in [2.05, 4.69) is 28.0 Å². The molecule has 3 aliphatic heterocycles. The van der Waals surface area contributed by atoms with Gasteiger partial charge in [0, 0.05) is 61.6 Å². The van der Waals surface area contributed by atoms with Crippen LogP contribution in [0.5, 0.6) is 0 Å². The Kier molecular flexibility index (Phi) is 6.25. The highest BCUT2D eigenvalue weighted by atomic mass is 35.5. The topological polar surface area (TPSA) is 50.1 Å². The molecule has 1 aromatic heterocycles. The van der Waals surface area contributed by atoms with E-state index in [0.29, 0.717) is 33.6 Å². The number of halogens is 2. The predicted octanol–water partition coefficient (Wildman–Crippen LogP) is 6.13. The van der Waals surface area contributed by atoms with Crippen LogP contribution < -0.4 is 4.90 Å². The highest BCUT2D eigenvalue weighted by molar-refractivity contribution is 6.41. The molecule has 4 heterocycles. The molecule has 202 valence electrons. The Bertz CT molecular complexity index is 1530. The number of aromatic nitrogens is 1. The van der Waals surface area contributed by atoms with Gasteiger partial charge in [0.1, 0.15) is 0 Å². The Balaban J connectivity index is 1.07. The van der Waals surface area contributed by atoms with Gasteiger partial charge < -0.3 is 14.2 Å². The Hall–Kier alpha value is -2.80. The third-order valence-electron chi connectivity index (χ3n) is 9.06. The number of esters is 1. The van der Waals surface area contributed by atoms with E-state index in [1.807, 2.05) is 36.0 Å². The summed E-state index contributed by atoms with van der Waals surface area (Å²) in [5.41, 5.74) is 7.69. The maximum Gasteiger partial charge on any atom is 0.340 e. The number of fused-ring (bicyclic) bond motifs is 3. The van der Waals surface area contributed by atoms with Crippen LogP contribution in [0.4, 0.5) is 5.69 Å². The van der Waals surface area contributed by atoms with Gasteiger partial charge in [-0.3, -0.25) is 9.89 Å². The van der Waals surface area contributed by atoms with Crippen LogP contribution in [0, 0.1) is 5.92 Å². The number of hydrogen-bond acceptors (Lipinski definition) is 5. The second-order valence-electron chi connectivity index (χ2n) is 11.3. The lowest BCUT2D eigenvalue weighted by molar-refractivity contribution is 0.0602. The summed E-state index contributed by atoms with van der Waals surface area (Å²) >= 11 is 13.2. The molecule has 1 aliphatic carbocycles. The molecule has 0 amide bonds. The van der Waals surface area contributed by atoms with Crippen LogP contribution in [0.25, 0.3) is 10.9 Å². The molecule has 7 rings (SSSR count). The Morgan fingerprint density at radius 3 is 2.59 bits per heavy atom. The number of hydrogen-bond donors (Lipinski definition) is 0. The zero-order valence-electron chi connectivity index (χ0n) is 22.3. The van der Waals surface area contributed by atoms with Gasteiger partial charge in [-0.1, -0.05) is 29.3 Å². The maximum atomic E-state index is 12.2. The lowest BCUT2D eigenvalue weighted by atomic mass is 9.95. The third-order valence-corrected chi connectivity index (χ3v) is 9.69. The minimum Gasteiger partial charge on any atom is -0.465 e. The number of methoxy groups -OCH3 is 1. The van der Waals surface area contributed by atoms with Gasteiger partial charge in [-0.2, -0.15) is 0 Å². The van der Waals surface area contributed by atoms with Crippen molar-refractivity contribution in [3.63, 3.8) is 0 Å². The maximum absolute atomic E-state index is 12.2. The van der Waals surface area contributed by atoms with Gasteiger partial charge in [0.25, 0.3) is 0 Å². The number of ether oxygens (including phenoxy) is 1. The normalized spacial score (nSPS) is 22.9. The molecule has 39 heavy (non-hydrogen) atoms. The van der Waals surface area contributed by atoms with Crippen LogP contribution in [0.2, 0.25) is 10.0 Å². The van der Waals surface area contributed by atoms with Crippen LogP contribution in [0.1, 0.15) is 41.6 Å². The van der Waals surface area contributed by atoms with Crippen molar-refractivity contribution in [1.82, 2.24) is 9.47 Å². The van der Waals surface area contributed by atoms with Crippen LogP contribution in [0.15, 0.2) is 58.7 Å². The van der Waals surface area contributed by atoms with E-state index in [1.54, 1.807) is 0 Å². The summed E-state index contributed by atoms with van der Waals surface area (Å²) in [5, 5.41) is 2.30. The van der Waals surface area contributed by atoms with Gasteiger partial charge >= 0.3 is 5.97 Å². The molecule has 0 radical (unpaired) electrons. The molecule has 3 fully saturated rings. The van der Waals surface area contributed by atoms with Crippen molar-refractivity contribution < 1.29 is 9.53 Å². The first-order valence-electron chi connectivity index (χ1n) is 13.8. The molecule has 2 aromatic carbocycles. The molecular weight excluding hydrogens is 531 g/mol. The molecule has 2 saturated heterocycles. The summed E-state index contributed by atoms with van der Waals surface area (Å²) in [4.78, 5) is 22.4. The van der Waals surface area contributed by atoms with Crippen LogP contribution in [-0.2, 0) is 11.8 Å². The van der Waals surface area contributed by atoms with Crippen molar-refractivity contribution in [3.05, 3.63) is 74.9 Å². The Labute approximate surface area is 238 Å². The quantitative estimate of drug-likeness (QED) is 0.325. The van der Waals surface area contributed by atoms with E-state index in [9.17, 15) is 4.79 Å². The monoisotopic (exact) mass is 562 g/mol. The third kappa shape index (κ3) is 4.28. The minimum atomic E-state index is -0.295. The average molecular weight is 564 g/mol. The van der Waals surface area contributed by atoms with Crippen molar-refractivity contribution in [2.24, 2.45) is 18.0 Å².